The van der Waals surface area contributed by atoms with Gasteiger partial charge in [0.15, 0.2) is 5.70 Å². The quantitative estimate of drug-likeness (QED) is 0.641. The molecule has 0 bridgehead atoms. The topological polar surface area (TPSA) is 51.1 Å². The van der Waals surface area contributed by atoms with Crippen LogP contribution in [0.2, 0.25) is 0 Å². The van der Waals surface area contributed by atoms with Crippen LogP contribution in [0.25, 0.3) is 6.08 Å². The van der Waals surface area contributed by atoms with E-state index in [2.05, 4.69) is 4.99 Å². The minimum atomic E-state index is -0.447. The Morgan fingerprint density at radius 3 is 2.29 bits per heavy atom. The summed E-state index contributed by atoms with van der Waals surface area (Å²) in [4.78, 5) is 18.3. The highest BCUT2D eigenvalue weighted by Gasteiger charge is 2.24. The molecule has 0 N–H and O–H groups in total. The summed E-state index contributed by atoms with van der Waals surface area (Å²) in [6, 6.07) is 15.1. The maximum Gasteiger partial charge on any atom is 0.363 e. The van der Waals surface area contributed by atoms with E-state index in [4.69, 9.17) is 9.47 Å². The molecular weight excluding hydrogens is 304 g/mol. The molecule has 5 heteroatoms. The van der Waals surface area contributed by atoms with Crippen LogP contribution >= 0.6 is 0 Å². The molecule has 2 aromatic carbocycles. The fourth-order valence-electron chi connectivity index (χ4n) is 2.29. The Kier molecular flexibility index (Phi) is 4.33. The lowest BCUT2D eigenvalue weighted by Crippen LogP contribution is -2.08. The largest absolute Gasteiger partial charge is 0.497 e. The van der Waals surface area contributed by atoms with E-state index in [0.29, 0.717) is 11.6 Å². The summed E-state index contributed by atoms with van der Waals surface area (Å²) in [7, 11) is 5.56. The van der Waals surface area contributed by atoms with Gasteiger partial charge in [0.1, 0.15) is 5.75 Å². The van der Waals surface area contributed by atoms with E-state index in [0.717, 1.165) is 22.6 Å². The van der Waals surface area contributed by atoms with Crippen molar-refractivity contribution < 1.29 is 14.3 Å². The van der Waals surface area contributed by atoms with Gasteiger partial charge in [-0.15, -0.1) is 0 Å². The van der Waals surface area contributed by atoms with Crippen LogP contribution in [0.5, 0.6) is 5.75 Å². The van der Waals surface area contributed by atoms with Crippen molar-refractivity contribution in [1.29, 1.82) is 0 Å². The monoisotopic (exact) mass is 322 g/mol. The van der Waals surface area contributed by atoms with Crippen molar-refractivity contribution >= 4 is 23.6 Å². The van der Waals surface area contributed by atoms with Crippen LogP contribution in [0.15, 0.2) is 59.2 Å². The van der Waals surface area contributed by atoms with E-state index in [1.807, 2.05) is 43.3 Å². The minimum Gasteiger partial charge on any atom is -0.497 e. The van der Waals surface area contributed by atoms with Crippen LogP contribution in [0.4, 0.5) is 5.69 Å². The van der Waals surface area contributed by atoms with Crippen LogP contribution in [0, 0.1) is 0 Å². The molecule has 0 atom stereocenters. The number of carbonyl (C=O) groups excluding carboxylic acids is 1. The van der Waals surface area contributed by atoms with Gasteiger partial charge in [0.25, 0.3) is 0 Å². The highest BCUT2D eigenvalue weighted by Crippen LogP contribution is 2.21. The molecule has 0 spiro atoms. The summed E-state index contributed by atoms with van der Waals surface area (Å²) in [5, 5.41) is 0. The summed E-state index contributed by atoms with van der Waals surface area (Å²) in [5.41, 5.74) is 3.01. The lowest BCUT2D eigenvalue weighted by Gasteiger charge is -2.11. The third-order valence-electron chi connectivity index (χ3n) is 3.67. The van der Waals surface area contributed by atoms with Gasteiger partial charge in [-0.3, -0.25) is 0 Å². The molecular formula is C19H18N2O3. The SMILES string of the molecule is COc1ccc(C2=N/C(=C\c3ccc(N(C)C)cc3)C(=O)O2)cc1. The number of esters is 1. The zero-order valence-corrected chi connectivity index (χ0v) is 13.8. The third-order valence-corrected chi connectivity index (χ3v) is 3.67. The van der Waals surface area contributed by atoms with Gasteiger partial charge in [0.05, 0.1) is 7.11 Å². The zero-order chi connectivity index (χ0) is 17.1. The van der Waals surface area contributed by atoms with Crippen molar-refractivity contribution in [2.24, 2.45) is 4.99 Å². The van der Waals surface area contributed by atoms with E-state index < -0.39 is 5.97 Å². The Morgan fingerprint density at radius 2 is 1.71 bits per heavy atom. The van der Waals surface area contributed by atoms with Crippen LogP contribution in [0.1, 0.15) is 11.1 Å². The molecule has 3 rings (SSSR count). The molecule has 1 heterocycles. The van der Waals surface area contributed by atoms with Crippen LogP contribution in [-0.2, 0) is 9.53 Å². The first-order valence-corrected chi connectivity index (χ1v) is 7.51. The number of ether oxygens (including phenoxy) is 2. The highest BCUT2D eigenvalue weighted by atomic mass is 16.6. The predicted molar refractivity (Wildman–Crippen MR) is 94.4 cm³/mol. The maximum absolute atomic E-state index is 12.0. The zero-order valence-electron chi connectivity index (χ0n) is 13.8. The van der Waals surface area contributed by atoms with Crippen molar-refractivity contribution in [3.8, 4) is 5.75 Å². The van der Waals surface area contributed by atoms with Crippen molar-refractivity contribution in [3.63, 3.8) is 0 Å². The van der Waals surface area contributed by atoms with Crippen LogP contribution < -0.4 is 9.64 Å². The molecule has 0 radical (unpaired) electrons. The smallest absolute Gasteiger partial charge is 0.363 e. The molecule has 24 heavy (non-hydrogen) atoms. The van der Waals surface area contributed by atoms with Crippen LogP contribution in [0.3, 0.4) is 0 Å². The van der Waals surface area contributed by atoms with E-state index in [-0.39, 0.29) is 0 Å². The fraction of sp³-hybridized carbons (Fsp3) is 0.158. The van der Waals surface area contributed by atoms with E-state index in [1.54, 1.807) is 37.5 Å². The second-order valence-electron chi connectivity index (χ2n) is 5.55. The number of benzene rings is 2. The molecule has 1 aliphatic rings. The first-order chi connectivity index (χ1) is 11.6. The van der Waals surface area contributed by atoms with Gasteiger partial charge >= 0.3 is 5.97 Å². The minimum absolute atomic E-state index is 0.290. The molecule has 0 unspecified atom stereocenters. The van der Waals surface area contributed by atoms with Gasteiger partial charge in [-0.05, 0) is 48.0 Å². The normalized spacial score (nSPS) is 15.2. The molecule has 2 aromatic rings. The van der Waals surface area contributed by atoms with E-state index >= 15 is 0 Å². The average Bonchev–Trinajstić information content (AvgIpc) is 2.96. The average molecular weight is 322 g/mol. The van der Waals surface area contributed by atoms with Gasteiger partial charge in [-0.1, -0.05) is 12.1 Å². The standard InChI is InChI=1S/C19H18N2O3/c1-21(2)15-8-4-13(5-9-15)12-17-19(22)24-18(20-17)14-6-10-16(23-3)11-7-14/h4-12H,1-3H3/b17-12-. The molecule has 0 amide bonds. The van der Waals surface area contributed by atoms with Crippen molar-refractivity contribution in [3.05, 3.63) is 65.4 Å². The van der Waals surface area contributed by atoms with Crippen LogP contribution in [-0.4, -0.2) is 33.1 Å². The van der Waals surface area contributed by atoms with Gasteiger partial charge in [0.2, 0.25) is 5.90 Å². The highest BCUT2D eigenvalue weighted by molar-refractivity contribution is 6.12. The van der Waals surface area contributed by atoms with Gasteiger partial charge in [-0.25, -0.2) is 9.79 Å². The second kappa shape index (κ2) is 6.58. The summed E-state index contributed by atoms with van der Waals surface area (Å²) in [6.07, 6.45) is 1.72. The van der Waals surface area contributed by atoms with Crippen molar-refractivity contribution in [2.45, 2.75) is 0 Å². The Bertz CT molecular complexity index is 804. The summed E-state index contributed by atoms with van der Waals surface area (Å²) < 4.78 is 10.4. The number of hydrogen-bond donors (Lipinski definition) is 0. The summed E-state index contributed by atoms with van der Waals surface area (Å²) in [5.74, 6) is 0.594. The van der Waals surface area contributed by atoms with Gasteiger partial charge in [-0.2, -0.15) is 0 Å². The number of cyclic esters (lactones) is 1. The number of methoxy groups -OCH3 is 1. The lowest BCUT2D eigenvalue weighted by molar-refractivity contribution is -0.129. The van der Waals surface area contributed by atoms with E-state index in [9.17, 15) is 4.79 Å². The van der Waals surface area contributed by atoms with Crippen molar-refractivity contribution in [1.82, 2.24) is 0 Å². The molecule has 0 fully saturated rings. The first-order valence-electron chi connectivity index (χ1n) is 7.51. The molecule has 0 aromatic heterocycles. The Morgan fingerprint density at radius 1 is 1.04 bits per heavy atom. The number of hydrogen-bond acceptors (Lipinski definition) is 5. The molecule has 5 nitrogen and oxygen atoms in total. The number of anilines is 1. The Labute approximate surface area is 140 Å². The molecule has 122 valence electrons. The number of nitrogens with zero attached hydrogens (tertiary/aromatic N) is 2. The Hall–Kier alpha value is -3.08. The fourth-order valence-corrected chi connectivity index (χ4v) is 2.29. The third kappa shape index (κ3) is 3.30. The molecule has 0 aliphatic carbocycles. The number of rotatable bonds is 4. The van der Waals surface area contributed by atoms with E-state index in [1.165, 1.54) is 0 Å². The molecule has 1 aliphatic heterocycles. The molecule has 0 saturated carbocycles. The second-order valence-corrected chi connectivity index (χ2v) is 5.55. The summed E-state index contributed by atoms with van der Waals surface area (Å²) >= 11 is 0. The Balaban J connectivity index is 1.85. The van der Waals surface area contributed by atoms with Gasteiger partial charge in [0, 0.05) is 25.3 Å². The summed E-state index contributed by atoms with van der Waals surface area (Å²) in [6.45, 7) is 0. The maximum atomic E-state index is 12.0. The molecule has 0 saturated heterocycles. The number of carbonyl (C=O) groups is 1. The lowest BCUT2D eigenvalue weighted by atomic mass is 10.1. The first kappa shape index (κ1) is 15.8. The van der Waals surface area contributed by atoms with Gasteiger partial charge < -0.3 is 14.4 Å². The predicted octanol–water partition coefficient (Wildman–Crippen LogP) is 3.11. The van der Waals surface area contributed by atoms with Crippen molar-refractivity contribution in [2.75, 3.05) is 26.1 Å². The number of aliphatic imine (C=N–C) groups is 1.